The van der Waals surface area contributed by atoms with E-state index in [0.717, 1.165) is 57.4 Å². The molecule has 1 N–H and O–H groups in total. The van der Waals surface area contributed by atoms with Gasteiger partial charge in [0.2, 0.25) is 0 Å². The van der Waals surface area contributed by atoms with Gasteiger partial charge in [0.25, 0.3) is 0 Å². The van der Waals surface area contributed by atoms with Gasteiger partial charge in [-0.25, -0.2) is 0 Å². The molecule has 0 amide bonds. The molecule has 3 aliphatic heterocycles. The Balaban J connectivity index is 1.03. The summed E-state index contributed by atoms with van der Waals surface area (Å²) in [6, 6.07) is 18.2. The molecule has 0 saturated carbocycles. The topological polar surface area (TPSA) is 54.4 Å². The largest absolute Gasteiger partial charge is 0.491 e. The van der Waals surface area contributed by atoms with Gasteiger partial charge in [-0.3, -0.25) is 9.80 Å². The molecule has 1 unspecified atom stereocenters. The fraction of sp³-hybridized carbons (Fsp3) is 0.520. The SMILES string of the molecule is OC(COc1cccc(CN2CC(Oc3ccccc3)C2)c1)CN1C[C@H]2COC[C@H]2C1. The minimum absolute atomic E-state index is 0.258. The quantitative estimate of drug-likeness (QED) is 0.667. The van der Waals surface area contributed by atoms with Crippen molar-refractivity contribution in [3.8, 4) is 11.5 Å². The van der Waals surface area contributed by atoms with Crippen LogP contribution in [0.15, 0.2) is 54.6 Å². The number of benzene rings is 2. The Hall–Kier alpha value is -2.12. The molecule has 0 bridgehead atoms. The highest BCUT2D eigenvalue weighted by Crippen LogP contribution is 2.29. The summed E-state index contributed by atoms with van der Waals surface area (Å²) in [6.45, 7) is 7.54. The number of β-amino-alcohol motifs (C(OH)–C–C–N with tert-alkyl or cyclic N) is 1. The van der Waals surface area contributed by atoms with E-state index in [0.29, 0.717) is 25.0 Å². The van der Waals surface area contributed by atoms with Crippen LogP contribution < -0.4 is 9.47 Å². The lowest BCUT2D eigenvalue weighted by atomic mass is 10.0. The van der Waals surface area contributed by atoms with Gasteiger partial charge in [-0.15, -0.1) is 0 Å². The number of nitrogens with zero attached hydrogens (tertiary/aromatic N) is 2. The first-order valence-corrected chi connectivity index (χ1v) is 11.4. The predicted octanol–water partition coefficient (Wildman–Crippen LogP) is 2.27. The number of likely N-dealkylation sites (tertiary alicyclic amines) is 2. The summed E-state index contributed by atoms with van der Waals surface area (Å²) < 4.78 is 17.4. The van der Waals surface area contributed by atoms with Gasteiger partial charge < -0.3 is 19.3 Å². The van der Waals surface area contributed by atoms with Gasteiger partial charge in [0.15, 0.2) is 0 Å². The molecule has 0 aliphatic carbocycles. The molecule has 2 aromatic carbocycles. The van der Waals surface area contributed by atoms with E-state index in [-0.39, 0.29) is 6.10 Å². The van der Waals surface area contributed by atoms with E-state index < -0.39 is 6.10 Å². The zero-order valence-corrected chi connectivity index (χ0v) is 17.9. The normalized spacial score (nSPS) is 25.2. The Morgan fingerprint density at radius 2 is 1.65 bits per heavy atom. The second-order valence-corrected chi connectivity index (χ2v) is 9.14. The molecule has 0 spiro atoms. The molecule has 3 fully saturated rings. The third-order valence-corrected chi connectivity index (χ3v) is 6.50. The van der Waals surface area contributed by atoms with Crippen LogP contribution in [0.3, 0.4) is 0 Å². The van der Waals surface area contributed by atoms with Crippen molar-refractivity contribution in [2.24, 2.45) is 11.8 Å². The van der Waals surface area contributed by atoms with E-state index >= 15 is 0 Å². The molecule has 3 saturated heterocycles. The van der Waals surface area contributed by atoms with Crippen molar-refractivity contribution in [2.75, 3.05) is 52.5 Å². The minimum atomic E-state index is -0.477. The number of hydrogen-bond donors (Lipinski definition) is 1. The molecule has 6 heteroatoms. The Labute approximate surface area is 184 Å². The van der Waals surface area contributed by atoms with Gasteiger partial charge in [-0.2, -0.15) is 0 Å². The smallest absolute Gasteiger partial charge is 0.124 e. The number of ether oxygens (including phenoxy) is 3. The minimum Gasteiger partial charge on any atom is -0.491 e. The van der Waals surface area contributed by atoms with E-state index in [1.165, 1.54) is 5.56 Å². The Kier molecular flexibility index (Phi) is 6.41. The van der Waals surface area contributed by atoms with Crippen molar-refractivity contribution in [2.45, 2.75) is 18.8 Å². The molecular formula is C25H32N2O4. The molecule has 0 aromatic heterocycles. The Morgan fingerprint density at radius 1 is 0.903 bits per heavy atom. The lowest BCUT2D eigenvalue weighted by Crippen LogP contribution is -2.53. The maximum Gasteiger partial charge on any atom is 0.124 e. The van der Waals surface area contributed by atoms with E-state index in [1.807, 2.05) is 42.5 Å². The van der Waals surface area contributed by atoms with E-state index in [1.54, 1.807) is 0 Å². The zero-order chi connectivity index (χ0) is 21.0. The number of para-hydroxylation sites is 1. The van der Waals surface area contributed by atoms with Gasteiger partial charge in [0.05, 0.1) is 13.2 Å². The summed E-state index contributed by atoms with van der Waals surface area (Å²) in [4.78, 5) is 4.72. The van der Waals surface area contributed by atoms with Crippen molar-refractivity contribution in [3.05, 3.63) is 60.2 Å². The van der Waals surface area contributed by atoms with E-state index in [4.69, 9.17) is 14.2 Å². The van der Waals surface area contributed by atoms with Gasteiger partial charge in [-0.05, 0) is 29.8 Å². The fourth-order valence-corrected chi connectivity index (χ4v) is 4.89. The summed E-state index contributed by atoms with van der Waals surface area (Å²) in [7, 11) is 0. The van der Waals surface area contributed by atoms with Crippen LogP contribution in [0.1, 0.15) is 5.56 Å². The van der Waals surface area contributed by atoms with Crippen LogP contribution in [0.25, 0.3) is 0 Å². The monoisotopic (exact) mass is 424 g/mol. The molecule has 3 heterocycles. The van der Waals surface area contributed by atoms with Crippen molar-refractivity contribution in [1.29, 1.82) is 0 Å². The summed E-state index contributed by atoms with van der Waals surface area (Å²) in [5, 5.41) is 10.4. The third-order valence-electron chi connectivity index (χ3n) is 6.50. The average molecular weight is 425 g/mol. The van der Waals surface area contributed by atoms with Gasteiger partial charge in [0.1, 0.15) is 30.3 Å². The van der Waals surface area contributed by atoms with E-state index in [9.17, 15) is 5.11 Å². The first-order chi connectivity index (χ1) is 15.2. The Morgan fingerprint density at radius 3 is 2.42 bits per heavy atom. The second-order valence-electron chi connectivity index (χ2n) is 9.14. The highest BCUT2D eigenvalue weighted by atomic mass is 16.5. The highest BCUT2D eigenvalue weighted by molar-refractivity contribution is 5.29. The molecule has 6 nitrogen and oxygen atoms in total. The summed E-state index contributed by atoms with van der Waals surface area (Å²) in [6.07, 6.45) is -0.219. The van der Waals surface area contributed by atoms with Gasteiger partial charge in [0, 0.05) is 51.1 Å². The van der Waals surface area contributed by atoms with Crippen LogP contribution in [-0.4, -0.2) is 79.7 Å². The first-order valence-electron chi connectivity index (χ1n) is 11.4. The van der Waals surface area contributed by atoms with Crippen LogP contribution >= 0.6 is 0 Å². The van der Waals surface area contributed by atoms with Gasteiger partial charge >= 0.3 is 0 Å². The third kappa shape index (κ3) is 5.39. The molecule has 3 aliphatic rings. The summed E-state index contributed by atoms with van der Waals surface area (Å²) in [5.41, 5.74) is 1.22. The molecule has 0 radical (unpaired) electrons. The molecular weight excluding hydrogens is 392 g/mol. The highest BCUT2D eigenvalue weighted by Gasteiger charge is 2.37. The number of hydrogen-bond acceptors (Lipinski definition) is 6. The van der Waals surface area contributed by atoms with Crippen LogP contribution in [0.5, 0.6) is 11.5 Å². The molecule has 3 atom stereocenters. The predicted molar refractivity (Wildman–Crippen MR) is 118 cm³/mol. The number of rotatable bonds is 9. The summed E-state index contributed by atoms with van der Waals surface area (Å²) >= 11 is 0. The molecule has 2 aromatic rings. The van der Waals surface area contributed by atoms with Crippen molar-refractivity contribution < 1.29 is 19.3 Å². The Bertz CT molecular complexity index is 830. The van der Waals surface area contributed by atoms with Crippen LogP contribution in [-0.2, 0) is 11.3 Å². The zero-order valence-electron chi connectivity index (χ0n) is 17.9. The number of aliphatic hydroxyl groups is 1. The van der Waals surface area contributed by atoms with Gasteiger partial charge in [-0.1, -0.05) is 30.3 Å². The van der Waals surface area contributed by atoms with Crippen molar-refractivity contribution in [3.63, 3.8) is 0 Å². The second kappa shape index (κ2) is 9.57. The van der Waals surface area contributed by atoms with E-state index in [2.05, 4.69) is 21.9 Å². The standard InChI is InChI=1S/C25H32N2O4/c28-22(13-27-11-20-16-29-17-21(20)12-27)18-30-24-8-4-5-19(9-24)10-26-14-25(15-26)31-23-6-2-1-3-7-23/h1-9,20-22,25,28H,10-18H2/t20-,21+,22?. The van der Waals surface area contributed by atoms with Crippen molar-refractivity contribution >= 4 is 0 Å². The maximum atomic E-state index is 10.4. The lowest BCUT2D eigenvalue weighted by molar-refractivity contribution is 0.0145. The molecule has 166 valence electrons. The molecule has 31 heavy (non-hydrogen) atoms. The maximum absolute atomic E-state index is 10.4. The first kappa shape index (κ1) is 20.8. The fourth-order valence-electron chi connectivity index (χ4n) is 4.89. The molecule has 5 rings (SSSR count). The number of fused-ring (bicyclic) bond motifs is 1. The van der Waals surface area contributed by atoms with Crippen LogP contribution in [0.4, 0.5) is 0 Å². The average Bonchev–Trinajstić information content (AvgIpc) is 3.33. The number of aliphatic hydroxyl groups excluding tert-OH is 1. The summed E-state index contributed by atoms with van der Waals surface area (Å²) in [5.74, 6) is 3.04. The lowest BCUT2D eigenvalue weighted by Gasteiger charge is -2.39. The van der Waals surface area contributed by atoms with Crippen LogP contribution in [0.2, 0.25) is 0 Å². The van der Waals surface area contributed by atoms with Crippen LogP contribution in [0, 0.1) is 11.8 Å². The van der Waals surface area contributed by atoms with Crippen molar-refractivity contribution in [1.82, 2.24) is 9.80 Å².